The van der Waals surface area contributed by atoms with Gasteiger partial charge in [0.1, 0.15) is 5.69 Å². The summed E-state index contributed by atoms with van der Waals surface area (Å²) in [5.41, 5.74) is 5.75. The summed E-state index contributed by atoms with van der Waals surface area (Å²) in [4.78, 5) is 23.7. The first-order chi connectivity index (χ1) is 9.54. The van der Waals surface area contributed by atoms with Crippen molar-refractivity contribution in [1.29, 1.82) is 5.26 Å². The fourth-order valence-electron chi connectivity index (χ4n) is 2.12. The molecule has 1 aromatic rings. The molecule has 104 valence electrons. The van der Waals surface area contributed by atoms with Gasteiger partial charge in [0.2, 0.25) is 5.91 Å². The molecule has 0 aliphatic heterocycles. The number of benzene rings is 1. The molecule has 7 nitrogen and oxygen atoms in total. The molecular formula is C13H14N4O3. The standard InChI is InChI=1S/C13H14N4O3/c14-6-1-7-16(10-3-4-10)12-8-9(13(15)18)2-5-11(12)17(19)20/h2,5,8,10H,1,3-4,7H2,(H2,15,18). The summed E-state index contributed by atoms with van der Waals surface area (Å²) in [7, 11) is 0. The lowest BCUT2D eigenvalue weighted by Crippen LogP contribution is -2.28. The van der Waals surface area contributed by atoms with E-state index in [1.165, 1.54) is 18.2 Å². The minimum atomic E-state index is -0.628. The first-order valence-electron chi connectivity index (χ1n) is 6.26. The van der Waals surface area contributed by atoms with E-state index in [2.05, 4.69) is 0 Å². The van der Waals surface area contributed by atoms with Crippen LogP contribution in [-0.2, 0) is 0 Å². The van der Waals surface area contributed by atoms with Crippen molar-refractivity contribution in [2.45, 2.75) is 25.3 Å². The Bertz CT molecular complexity index is 590. The third kappa shape index (κ3) is 2.85. The molecule has 0 saturated heterocycles. The van der Waals surface area contributed by atoms with Crippen molar-refractivity contribution in [2.24, 2.45) is 5.73 Å². The van der Waals surface area contributed by atoms with Gasteiger partial charge in [-0.2, -0.15) is 5.26 Å². The lowest BCUT2D eigenvalue weighted by atomic mass is 10.1. The molecule has 1 aromatic carbocycles. The third-order valence-electron chi connectivity index (χ3n) is 3.22. The second kappa shape index (κ2) is 5.57. The molecule has 0 spiro atoms. The first-order valence-corrected chi connectivity index (χ1v) is 6.26. The average molecular weight is 274 g/mol. The molecule has 2 N–H and O–H groups in total. The number of nitro benzene ring substituents is 1. The summed E-state index contributed by atoms with van der Waals surface area (Å²) in [6.07, 6.45) is 2.14. The molecule has 0 radical (unpaired) electrons. The first kappa shape index (κ1) is 13.8. The van der Waals surface area contributed by atoms with E-state index in [-0.39, 0.29) is 23.7 Å². The summed E-state index contributed by atoms with van der Waals surface area (Å²) in [5, 5.41) is 19.8. The van der Waals surface area contributed by atoms with E-state index in [1.807, 2.05) is 11.0 Å². The van der Waals surface area contributed by atoms with Gasteiger partial charge in [-0.05, 0) is 25.0 Å². The highest BCUT2D eigenvalue weighted by Crippen LogP contribution is 2.37. The van der Waals surface area contributed by atoms with Crippen LogP contribution in [0.4, 0.5) is 11.4 Å². The summed E-state index contributed by atoms with van der Waals surface area (Å²) in [6.45, 7) is 0.407. The minimum Gasteiger partial charge on any atom is -0.366 e. The van der Waals surface area contributed by atoms with E-state index in [9.17, 15) is 14.9 Å². The van der Waals surface area contributed by atoms with Crippen molar-refractivity contribution in [3.63, 3.8) is 0 Å². The zero-order chi connectivity index (χ0) is 14.7. The normalized spacial score (nSPS) is 13.6. The fraction of sp³-hybridized carbons (Fsp3) is 0.385. The number of hydrogen-bond acceptors (Lipinski definition) is 5. The Labute approximate surface area is 115 Å². The molecule has 20 heavy (non-hydrogen) atoms. The lowest BCUT2D eigenvalue weighted by Gasteiger charge is -2.23. The smallest absolute Gasteiger partial charge is 0.292 e. The highest BCUT2D eigenvalue weighted by molar-refractivity contribution is 5.94. The van der Waals surface area contributed by atoms with Gasteiger partial charge in [0.25, 0.3) is 5.69 Å². The Morgan fingerprint density at radius 2 is 2.25 bits per heavy atom. The van der Waals surface area contributed by atoms with Gasteiger partial charge >= 0.3 is 0 Å². The maximum absolute atomic E-state index is 11.2. The molecule has 0 bridgehead atoms. The molecule has 1 fully saturated rings. The largest absolute Gasteiger partial charge is 0.366 e. The Balaban J connectivity index is 2.44. The molecular weight excluding hydrogens is 260 g/mol. The number of primary amides is 1. The third-order valence-corrected chi connectivity index (χ3v) is 3.22. The van der Waals surface area contributed by atoms with Gasteiger partial charge in [-0.1, -0.05) is 0 Å². The van der Waals surface area contributed by atoms with Crippen LogP contribution in [0.2, 0.25) is 0 Å². The number of carbonyl (C=O) groups excluding carboxylic acids is 1. The number of nitro groups is 1. The van der Waals surface area contributed by atoms with Gasteiger partial charge in [-0.3, -0.25) is 14.9 Å². The second-order valence-electron chi connectivity index (χ2n) is 4.66. The maximum Gasteiger partial charge on any atom is 0.292 e. The molecule has 0 heterocycles. The van der Waals surface area contributed by atoms with E-state index in [0.717, 1.165) is 12.8 Å². The maximum atomic E-state index is 11.2. The van der Waals surface area contributed by atoms with Crippen molar-refractivity contribution >= 4 is 17.3 Å². The van der Waals surface area contributed by atoms with Crippen LogP contribution in [0.1, 0.15) is 29.6 Å². The minimum absolute atomic E-state index is 0.0696. The predicted octanol–water partition coefficient (Wildman–Crippen LogP) is 1.58. The molecule has 2 rings (SSSR count). The molecule has 1 aliphatic rings. The van der Waals surface area contributed by atoms with Crippen LogP contribution in [0.5, 0.6) is 0 Å². The highest BCUT2D eigenvalue weighted by Gasteiger charge is 2.33. The number of nitriles is 1. The highest BCUT2D eigenvalue weighted by atomic mass is 16.6. The van der Waals surface area contributed by atoms with Crippen LogP contribution >= 0.6 is 0 Å². The van der Waals surface area contributed by atoms with Gasteiger partial charge in [0.15, 0.2) is 0 Å². The van der Waals surface area contributed by atoms with Crippen LogP contribution in [0.15, 0.2) is 18.2 Å². The van der Waals surface area contributed by atoms with Crippen molar-refractivity contribution < 1.29 is 9.72 Å². The monoisotopic (exact) mass is 274 g/mol. The van der Waals surface area contributed by atoms with E-state index in [4.69, 9.17) is 11.0 Å². The van der Waals surface area contributed by atoms with Crippen molar-refractivity contribution in [3.05, 3.63) is 33.9 Å². The zero-order valence-electron chi connectivity index (χ0n) is 10.8. The quantitative estimate of drug-likeness (QED) is 0.624. The summed E-state index contributed by atoms with van der Waals surface area (Å²) >= 11 is 0. The number of nitrogens with zero attached hydrogens (tertiary/aromatic N) is 3. The van der Waals surface area contributed by atoms with Crippen LogP contribution < -0.4 is 10.6 Å². The number of carbonyl (C=O) groups is 1. The van der Waals surface area contributed by atoms with Crippen LogP contribution in [0.3, 0.4) is 0 Å². The lowest BCUT2D eigenvalue weighted by molar-refractivity contribution is -0.384. The van der Waals surface area contributed by atoms with Gasteiger partial charge in [-0.25, -0.2) is 0 Å². The van der Waals surface area contributed by atoms with Crippen LogP contribution in [0, 0.1) is 21.4 Å². The van der Waals surface area contributed by atoms with E-state index < -0.39 is 10.8 Å². The van der Waals surface area contributed by atoms with E-state index >= 15 is 0 Å². The molecule has 0 aromatic heterocycles. The molecule has 7 heteroatoms. The van der Waals surface area contributed by atoms with Crippen molar-refractivity contribution in [1.82, 2.24) is 0 Å². The number of nitrogens with two attached hydrogens (primary N) is 1. The zero-order valence-corrected chi connectivity index (χ0v) is 10.8. The topological polar surface area (TPSA) is 113 Å². The Morgan fingerprint density at radius 1 is 1.55 bits per heavy atom. The SMILES string of the molecule is N#CCCN(c1cc(C(N)=O)ccc1[N+](=O)[O-])C1CC1. The summed E-state index contributed by atoms with van der Waals surface area (Å²) in [5.74, 6) is -0.628. The number of anilines is 1. The number of hydrogen-bond donors (Lipinski definition) is 1. The Hall–Kier alpha value is -2.62. The Morgan fingerprint density at radius 3 is 2.75 bits per heavy atom. The summed E-state index contributed by atoms with van der Waals surface area (Å²) < 4.78 is 0. The van der Waals surface area contributed by atoms with Crippen molar-refractivity contribution in [2.75, 3.05) is 11.4 Å². The molecule has 0 atom stereocenters. The molecule has 1 saturated carbocycles. The predicted molar refractivity (Wildman–Crippen MR) is 72.2 cm³/mol. The number of amides is 1. The van der Waals surface area contributed by atoms with Gasteiger partial charge in [-0.15, -0.1) is 0 Å². The Kier molecular flexibility index (Phi) is 3.84. The summed E-state index contributed by atoms with van der Waals surface area (Å²) in [6, 6.07) is 6.31. The fourth-order valence-corrected chi connectivity index (χ4v) is 2.12. The molecule has 0 unspecified atom stereocenters. The van der Waals surface area contributed by atoms with Gasteiger partial charge < -0.3 is 10.6 Å². The number of rotatable bonds is 6. The van der Waals surface area contributed by atoms with Crippen molar-refractivity contribution in [3.8, 4) is 6.07 Å². The van der Waals surface area contributed by atoms with E-state index in [1.54, 1.807) is 0 Å². The van der Waals surface area contributed by atoms with Gasteiger partial charge in [0, 0.05) is 24.2 Å². The molecule has 1 aliphatic carbocycles. The van der Waals surface area contributed by atoms with E-state index in [0.29, 0.717) is 12.2 Å². The van der Waals surface area contributed by atoms with Gasteiger partial charge in [0.05, 0.1) is 17.4 Å². The van der Waals surface area contributed by atoms with Crippen LogP contribution in [0.25, 0.3) is 0 Å². The molecule has 1 amide bonds. The second-order valence-corrected chi connectivity index (χ2v) is 4.66. The van der Waals surface area contributed by atoms with Crippen LogP contribution in [-0.4, -0.2) is 23.4 Å². The average Bonchev–Trinajstić information content (AvgIpc) is 3.23.